The highest BCUT2D eigenvalue weighted by Gasteiger charge is 2.26. The second-order valence-electron chi connectivity index (χ2n) is 3.44. The molecule has 7 nitrogen and oxygen atoms in total. The minimum absolute atomic E-state index is 0.0347. The van der Waals surface area contributed by atoms with E-state index in [1.54, 1.807) is 16.9 Å². The predicted octanol–water partition coefficient (Wildman–Crippen LogP) is -1.15. The molecule has 86 valence electrons. The fraction of sp³-hybridized carbons (Fsp3) is 0.444. The van der Waals surface area contributed by atoms with Crippen LogP contribution in [0.3, 0.4) is 0 Å². The molecule has 1 aromatic rings. The molecular formula is C9H12N4O3. The van der Waals surface area contributed by atoms with Gasteiger partial charge in [-0.1, -0.05) is 0 Å². The van der Waals surface area contributed by atoms with Gasteiger partial charge in [-0.15, -0.1) is 0 Å². The number of carbonyl (C=O) groups excluding carboxylic acids is 2. The monoisotopic (exact) mass is 224 g/mol. The number of nitrogen functional groups attached to an aromatic ring is 1. The van der Waals surface area contributed by atoms with Crippen molar-refractivity contribution in [1.29, 1.82) is 0 Å². The van der Waals surface area contributed by atoms with Gasteiger partial charge in [0.05, 0.1) is 6.54 Å². The zero-order valence-electron chi connectivity index (χ0n) is 8.63. The number of anilines is 1. The van der Waals surface area contributed by atoms with Gasteiger partial charge in [-0.05, 0) is 6.07 Å². The largest absolute Gasteiger partial charge is 0.382 e. The van der Waals surface area contributed by atoms with Crippen LogP contribution in [0.2, 0.25) is 0 Å². The quantitative estimate of drug-likeness (QED) is 0.655. The summed E-state index contributed by atoms with van der Waals surface area (Å²) >= 11 is 0. The first-order valence-corrected chi connectivity index (χ1v) is 4.86. The number of aromatic nitrogens is 2. The summed E-state index contributed by atoms with van der Waals surface area (Å²) in [6, 6.07) is 1.66. The van der Waals surface area contributed by atoms with Crippen LogP contribution >= 0.6 is 0 Å². The molecule has 0 atom stereocenters. The van der Waals surface area contributed by atoms with E-state index in [1.807, 2.05) is 0 Å². The van der Waals surface area contributed by atoms with Crippen LogP contribution in [0.4, 0.5) is 5.82 Å². The first-order valence-electron chi connectivity index (χ1n) is 4.86. The summed E-state index contributed by atoms with van der Waals surface area (Å²) in [6.45, 7) is 0.663. The molecule has 2 amide bonds. The molecule has 16 heavy (non-hydrogen) atoms. The highest BCUT2D eigenvalue weighted by molar-refractivity contribution is 5.98. The van der Waals surface area contributed by atoms with E-state index in [0.717, 1.165) is 0 Å². The summed E-state index contributed by atoms with van der Waals surface area (Å²) in [5.74, 6) is -0.201. The van der Waals surface area contributed by atoms with Gasteiger partial charge >= 0.3 is 0 Å². The first kappa shape index (κ1) is 10.6. The summed E-state index contributed by atoms with van der Waals surface area (Å²) in [7, 11) is 0. The number of amides is 2. The molecule has 2 N–H and O–H groups in total. The molecule has 0 saturated carbocycles. The summed E-state index contributed by atoms with van der Waals surface area (Å²) < 4.78 is 6.39. The molecular weight excluding hydrogens is 212 g/mol. The lowest BCUT2D eigenvalue weighted by Gasteiger charge is -2.24. The van der Waals surface area contributed by atoms with Crippen LogP contribution in [-0.2, 0) is 20.9 Å². The SMILES string of the molecule is Nc1ccn(CCN2C(=O)COCC2=O)n1. The Bertz CT molecular complexity index is 399. The van der Waals surface area contributed by atoms with Crippen molar-refractivity contribution in [2.24, 2.45) is 0 Å². The second-order valence-corrected chi connectivity index (χ2v) is 3.44. The van der Waals surface area contributed by atoms with Crippen molar-refractivity contribution in [1.82, 2.24) is 14.7 Å². The molecule has 0 aliphatic carbocycles. The fourth-order valence-corrected chi connectivity index (χ4v) is 1.47. The molecule has 2 rings (SSSR count). The van der Waals surface area contributed by atoms with Gasteiger partial charge in [0.2, 0.25) is 0 Å². The van der Waals surface area contributed by atoms with Gasteiger partial charge in [0, 0.05) is 12.7 Å². The lowest BCUT2D eigenvalue weighted by Crippen LogP contribution is -2.47. The van der Waals surface area contributed by atoms with Crippen LogP contribution in [0, 0.1) is 0 Å². The molecule has 1 aromatic heterocycles. The molecule has 1 saturated heterocycles. The Morgan fingerprint density at radius 1 is 1.31 bits per heavy atom. The van der Waals surface area contributed by atoms with Crippen LogP contribution in [0.1, 0.15) is 0 Å². The topological polar surface area (TPSA) is 90.5 Å². The van der Waals surface area contributed by atoms with Crippen molar-refractivity contribution in [3.05, 3.63) is 12.3 Å². The van der Waals surface area contributed by atoms with E-state index in [0.29, 0.717) is 18.9 Å². The second kappa shape index (κ2) is 4.31. The molecule has 2 heterocycles. The van der Waals surface area contributed by atoms with Crippen molar-refractivity contribution in [3.63, 3.8) is 0 Å². The number of hydrogen-bond acceptors (Lipinski definition) is 5. The number of carbonyl (C=O) groups is 2. The van der Waals surface area contributed by atoms with Crippen molar-refractivity contribution in [2.45, 2.75) is 6.54 Å². The molecule has 0 bridgehead atoms. The minimum atomic E-state index is -0.309. The zero-order valence-corrected chi connectivity index (χ0v) is 8.63. The van der Waals surface area contributed by atoms with Crippen LogP contribution < -0.4 is 5.73 Å². The third-order valence-corrected chi connectivity index (χ3v) is 2.27. The lowest BCUT2D eigenvalue weighted by molar-refractivity contribution is -0.158. The average molecular weight is 224 g/mol. The summed E-state index contributed by atoms with van der Waals surface area (Å²) in [5, 5.41) is 3.96. The third kappa shape index (κ3) is 2.19. The molecule has 1 aliphatic heterocycles. The first-order chi connectivity index (χ1) is 7.66. The summed E-state index contributed by atoms with van der Waals surface area (Å²) in [6.07, 6.45) is 1.70. The van der Waals surface area contributed by atoms with E-state index in [9.17, 15) is 9.59 Å². The third-order valence-electron chi connectivity index (χ3n) is 2.27. The lowest BCUT2D eigenvalue weighted by atomic mass is 10.4. The highest BCUT2D eigenvalue weighted by atomic mass is 16.5. The zero-order chi connectivity index (χ0) is 11.5. The van der Waals surface area contributed by atoms with Crippen LogP contribution in [0.15, 0.2) is 12.3 Å². The number of rotatable bonds is 3. The summed E-state index contributed by atoms with van der Waals surface area (Å²) in [5.41, 5.74) is 5.44. The van der Waals surface area contributed by atoms with Gasteiger partial charge in [0.15, 0.2) is 0 Å². The van der Waals surface area contributed by atoms with Gasteiger partial charge < -0.3 is 10.5 Å². The molecule has 1 fully saturated rings. The standard InChI is InChI=1S/C9H12N4O3/c10-7-1-2-12(11-7)3-4-13-8(14)5-16-6-9(13)15/h1-2H,3-6H2,(H2,10,11). The molecule has 1 aliphatic rings. The number of nitrogens with two attached hydrogens (primary N) is 1. The Morgan fingerprint density at radius 3 is 2.56 bits per heavy atom. The Kier molecular flexibility index (Phi) is 2.86. The van der Waals surface area contributed by atoms with E-state index in [4.69, 9.17) is 10.5 Å². The molecule has 0 radical (unpaired) electrons. The molecule has 0 aromatic carbocycles. The van der Waals surface area contributed by atoms with Gasteiger partial charge in [-0.3, -0.25) is 19.2 Å². The maximum atomic E-state index is 11.4. The van der Waals surface area contributed by atoms with Crippen molar-refractivity contribution >= 4 is 17.6 Å². The van der Waals surface area contributed by atoms with E-state index >= 15 is 0 Å². The van der Waals surface area contributed by atoms with Crippen molar-refractivity contribution < 1.29 is 14.3 Å². The minimum Gasteiger partial charge on any atom is -0.382 e. The number of imide groups is 1. The van der Waals surface area contributed by atoms with E-state index in [1.165, 1.54) is 4.90 Å². The van der Waals surface area contributed by atoms with Gasteiger partial charge in [-0.25, -0.2) is 0 Å². The van der Waals surface area contributed by atoms with Crippen LogP contribution in [0.25, 0.3) is 0 Å². The number of ether oxygens (including phenoxy) is 1. The Hall–Kier alpha value is -1.89. The number of morpholine rings is 1. The molecule has 0 spiro atoms. The Morgan fingerprint density at radius 2 is 2.00 bits per heavy atom. The van der Waals surface area contributed by atoms with Crippen LogP contribution in [0.5, 0.6) is 0 Å². The molecule has 0 unspecified atom stereocenters. The van der Waals surface area contributed by atoms with Crippen LogP contribution in [-0.4, -0.2) is 46.3 Å². The predicted molar refractivity (Wildman–Crippen MR) is 54.2 cm³/mol. The van der Waals surface area contributed by atoms with E-state index in [2.05, 4.69) is 5.10 Å². The van der Waals surface area contributed by atoms with E-state index < -0.39 is 0 Å². The van der Waals surface area contributed by atoms with Gasteiger partial charge in [0.1, 0.15) is 19.0 Å². The molecule has 7 heteroatoms. The van der Waals surface area contributed by atoms with Crippen molar-refractivity contribution in [2.75, 3.05) is 25.5 Å². The maximum absolute atomic E-state index is 11.4. The fourth-order valence-electron chi connectivity index (χ4n) is 1.47. The maximum Gasteiger partial charge on any atom is 0.255 e. The van der Waals surface area contributed by atoms with Crippen molar-refractivity contribution in [3.8, 4) is 0 Å². The highest BCUT2D eigenvalue weighted by Crippen LogP contribution is 2.02. The Labute approximate surface area is 91.8 Å². The number of nitrogens with zero attached hydrogens (tertiary/aromatic N) is 3. The summed E-state index contributed by atoms with van der Waals surface area (Å²) in [4.78, 5) is 23.9. The average Bonchev–Trinajstić information content (AvgIpc) is 2.63. The smallest absolute Gasteiger partial charge is 0.255 e. The van der Waals surface area contributed by atoms with Gasteiger partial charge in [0.25, 0.3) is 11.8 Å². The van der Waals surface area contributed by atoms with E-state index in [-0.39, 0.29) is 25.0 Å². The number of hydrogen-bond donors (Lipinski definition) is 1. The Balaban J connectivity index is 1.93. The normalized spacial score (nSPS) is 16.9. The van der Waals surface area contributed by atoms with Gasteiger partial charge in [-0.2, -0.15) is 5.10 Å².